The molecule has 1 amide bonds. The number of nitrogens with one attached hydrogen (secondary N) is 1. The van der Waals surface area contributed by atoms with Gasteiger partial charge in [-0.3, -0.25) is 9.59 Å². The highest BCUT2D eigenvalue weighted by molar-refractivity contribution is 7.09. The summed E-state index contributed by atoms with van der Waals surface area (Å²) in [7, 11) is 0. The Balaban J connectivity index is 1.86. The minimum absolute atomic E-state index is 0.0835. The quantitative estimate of drug-likeness (QED) is 0.709. The molecular weight excluding hydrogens is 328 g/mol. The maximum Gasteiger partial charge on any atom is 0.303 e. The first-order chi connectivity index (χ1) is 11.5. The molecule has 2 rings (SSSR count). The van der Waals surface area contributed by atoms with Crippen LogP contribution in [0.25, 0.3) is 0 Å². The number of hydrogen-bond donors (Lipinski definition) is 2. The van der Waals surface area contributed by atoms with E-state index in [0.29, 0.717) is 36.1 Å². The Hall–Kier alpha value is -2.41. The number of aromatic nitrogens is 1. The van der Waals surface area contributed by atoms with Crippen molar-refractivity contribution in [2.45, 2.75) is 32.6 Å². The van der Waals surface area contributed by atoms with Crippen molar-refractivity contribution in [1.29, 1.82) is 0 Å². The van der Waals surface area contributed by atoms with Gasteiger partial charge >= 0.3 is 5.97 Å². The van der Waals surface area contributed by atoms with Crippen LogP contribution in [-0.4, -0.2) is 28.6 Å². The molecule has 0 saturated carbocycles. The maximum atomic E-state index is 12.2. The molecule has 24 heavy (non-hydrogen) atoms. The van der Waals surface area contributed by atoms with E-state index in [0.717, 1.165) is 5.01 Å². The summed E-state index contributed by atoms with van der Waals surface area (Å²) < 4.78 is 5.44. The Morgan fingerprint density at radius 3 is 2.58 bits per heavy atom. The lowest BCUT2D eigenvalue weighted by Gasteiger charge is -2.07. The number of benzene rings is 1. The molecular formula is C17H20N2O4S. The van der Waals surface area contributed by atoms with E-state index in [2.05, 4.69) is 10.3 Å². The molecule has 0 aliphatic carbocycles. The van der Waals surface area contributed by atoms with Crippen molar-refractivity contribution in [2.24, 2.45) is 0 Å². The third-order valence-electron chi connectivity index (χ3n) is 3.16. The fourth-order valence-corrected chi connectivity index (χ4v) is 2.72. The Morgan fingerprint density at radius 1 is 1.29 bits per heavy atom. The maximum absolute atomic E-state index is 12.2. The SMILES string of the molecule is CC(C)c1nc(C(=O)Nc2ccc(OCCCC(=O)O)cc2)cs1. The Labute approximate surface area is 144 Å². The van der Waals surface area contributed by atoms with Gasteiger partial charge in [0, 0.05) is 23.4 Å². The van der Waals surface area contributed by atoms with Gasteiger partial charge < -0.3 is 15.2 Å². The normalized spacial score (nSPS) is 10.6. The monoisotopic (exact) mass is 348 g/mol. The first kappa shape index (κ1) is 17.9. The van der Waals surface area contributed by atoms with Crippen LogP contribution in [0.2, 0.25) is 0 Å². The second-order valence-corrected chi connectivity index (χ2v) is 6.44. The lowest BCUT2D eigenvalue weighted by atomic mass is 10.2. The van der Waals surface area contributed by atoms with Crippen LogP contribution in [0.4, 0.5) is 5.69 Å². The number of hydrogen-bond acceptors (Lipinski definition) is 5. The molecule has 7 heteroatoms. The van der Waals surface area contributed by atoms with Gasteiger partial charge in [0.05, 0.1) is 11.6 Å². The van der Waals surface area contributed by atoms with E-state index in [1.54, 1.807) is 29.6 Å². The average molecular weight is 348 g/mol. The van der Waals surface area contributed by atoms with E-state index in [1.807, 2.05) is 13.8 Å². The van der Waals surface area contributed by atoms with Crippen LogP contribution in [0.3, 0.4) is 0 Å². The van der Waals surface area contributed by atoms with Crippen molar-refractivity contribution in [3.05, 3.63) is 40.3 Å². The van der Waals surface area contributed by atoms with Crippen molar-refractivity contribution in [1.82, 2.24) is 4.98 Å². The van der Waals surface area contributed by atoms with Crippen LogP contribution in [0.15, 0.2) is 29.6 Å². The Bertz CT molecular complexity index is 695. The van der Waals surface area contributed by atoms with E-state index in [-0.39, 0.29) is 12.3 Å². The first-order valence-corrected chi connectivity index (χ1v) is 8.55. The Morgan fingerprint density at radius 2 is 2.00 bits per heavy atom. The van der Waals surface area contributed by atoms with Gasteiger partial charge in [-0.1, -0.05) is 13.8 Å². The number of thiazole rings is 1. The largest absolute Gasteiger partial charge is 0.494 e. The second-order valence-electron chi connectivity index (χ2n) is 5.55. The molecule has 0 radical (unpaired) electrons. The molecule has 0 aliphatic heterocycles. The molecule has 0 bridgehead atoms. The number of aliphatic carboxylic acids is 1. The summed E-state index contributed by atoms with van der Waals surface area (Å²) in [5.41, 5.74) is 1.06. The van der Waals surface area contributed by atoms with Crippen LogP contribution in [0.5, 0.6) is 5.75 Å². The molecule has 128 valence electrons. The van der Waals surface area contributed by atoms with Crippen LogP contribution in [-0.2, 0) is 4.79 Å². The van der Waals surface area contributed by atoms with Gasteiger partial charge in [-0.05, 0) is 30.7 Å². The fraction of sp³-hybridized carbons (Fsp3) is 0.353. The predicted octanol–water partition coefficient (Wildman–Crippen LogP) is 3.76. The topological polar surface area (TPSA) is 88.5 Å². The van der Waals surface area contributed by atoms with Gasteiger partial charge in [-0.15, -0.1) is 11.3 Å². The first-order valence-electron chi connectivity index (χ1n) is 7.67. The summed E-state index contributed by atoms with van der Waals surface area (Å²) in [5.74, 6) is -0.143. The van der Waals surface area contributed by atoms with Crippen LogP contribution >= 0.6 is 11.3 Å². The molecule has 0 spiro atoms. The summed E-state index contributed by atoms with van der Waals surface area (Å²) in [6.45, 7) is 4.42. The highest BCUT2D eigenvalue weighted by Crippen LogP contribution is 2.21. The van der Waals surface area contributed by atoms with E-state index in [9.17, 15) is 9.59 Å². The van der Waals surface area contributed by atoms with Crippen LogP contribution in [0.1, 0.15) is 48.1 Å². The number of anilines is 1. The third-order valence-corrected chi connectivity index (χ3v) is 4.31. The van der Waals surface area contributed by atoms with E-state index in [4.69, 9.17) is 9.84 Å². The van der Waals surface area contributed by atoms with Gasteiger partial charge in [0.15, 0.2) is 0 Å². The molecule has 0 fully saturated rings. The minimum atomic E-state index is -0.834. The van der Waals surface area contributed by atoms with Gasteiger partial charge in [0.25, 0.3) is 5.91 Å². The van der Waals surface area contributed by atoms with Crippen molar-refractivity contribution in [3.8, 4) is 5.75 Å². The van der Waals surface area contributed by atoms with E-state index >= 15 is 0 Å². The molecule has 6 nitrogen and oxygen atoms in total. The van der Waals surface area contributed by atoms with Gasteiger partial charge in [-0.2, -0.15) is 0 Å². The number of amides is 1. The second kappa shape index (κ2) is 8.44. The van der Waals surface area contributed by atoms with Crippen molar-refractivity contribution in [3.63, 3.8) is 0 Å². The summed E-state index contributed by atoms with van der Waals surface area (Å²) in [6.07, 6.45) is 0.538. The molecule has 0 saturated heterocycles. The summed E-state index contributed by atoms with van der Waals surface area (Å²) in [4.78, 5) is 26.9. The van der Waals surface area contributed by atoms with Crippen molar-refractivity contribution >= 4 is 28.9 Å². The molecule has 0 unspecified atom stereocenters. The van der Waals surface area contributed by atoms with Gasteiger partial charge in [0.2, 0.25) is 0 Å². The smallest absolute Gasteiger partial charge is 0.303 e. The molecule has 1 aromatic carbocycles. The standard InChI is InChI=1S/C17H20N2O4S/c1-11(2)17-19-14(10-24-17)16(22)18-12-5-7-13(8-6-12)23-9-3-4-15(20)21/h5-8,10-11H,3-4,9H2,1-2H3,(H,18,22)(H,20,21). The number of carbonyl (C=O) groups is 2. The molecule has 2 N–H and O–H groups in total. The van der Waals surface area contributed by atoms with E-state index < -0.39 is 5.97 Å². The number of ether oxygens (including phenoxy) is 1. The predicted molar refractivity (Wildman–Crippen MR) is 93.0 cm³/mol. The van der Waals surface area contributed by atoms with E-state index in [1.165, 1.54) is 11.3 Å². The number of carboxylic acid groups (broad SMARTS) is 1. The highest BCUT2D eigenvalue weighted by Gasteiger charge is 2.12. The zero-order chi connectivity index (χ0) is 17.5. The van der Waals surface area contributed by atoms with Crippen molar-refractivity contribution in [2.75, 3.05) is 11.9 Å². The third kappa shape index (κ3) is 5.34. The van der Waals surface area contributed by atoms with Gasteiger partial charge in [0.1, 0.15) is 11.4 Å². The zero-order valence-corrected chi connectivity index (χ0v) is 14.4. The number of carbonyl (C=O) groups excluding carboxylic acids is 1. The van der Waals surface area contributed by atoms with Crippen LogP contribution in [0, 0.1) is 0 Å². The Kier molecular flexibility index (Phi) is 6.31. The highest BCUT2D eigenvalue weighted by atomic mass is 32.1. The molecule has 0 atom stereocenters. The zero-order valence-electron chi connectivity index (χ0n) is 13.6. The number of nitrogens with zero attached hydrogens (tertiary/aromatic N) is 1. The van der Waals surface area contributed by atoms with Crippen LogP contribution < -0.4 is 10.1 Å². The lowest BCUT2D eigenvalue weighted by Crippen LogP contribution is -2.12. The summed E-state index contributed by atoms with van der Waals surface area (Å²) >= 11 is 1.48. The van der Waals surface area contributed by atoms with Crippen molar-refractivity contribution < 1.29 is 19.4 Å². The van der Waals surface area contributed by atoms with Gasteiger partial charge in [-0.25, -0.2) is 4.98 Å². The number of carboxylic acids is 1. The summed E-state index contributed by atoms with van der Waals surface area (Å²) in [5, 5.41) is 14.0. The molecule has 1 heterocycles. The minimum Gasteiger partial charge on any atom is -0.494 e. The lowest BCUT2D eigenvalue weighted by molar-refractivity contribution is -0.137. The molecule has 1 aromatic heterocycles. The molecule has 0 aliphatic rings. The number of rotatable bonds is 8. The summed E-state index contributed by atoms with van der Waals surface area (Å²) in [6, 6.07) is 6.94. The molecule has 2 aromatic rings. The fourth-order valence-electron chi connectivity index (χ4n) is 1.90. The average Bonchev–Trinajstić information content (AvgIpc) is 3.03.